The molecule has 10 heteroatoms. The molecule has 1 saturated heterocycles. The minimum atomic E-state index is -0.370. The summed E-state index contributed by atoms with van der Waals surface area (Å²) in [6.07, 6.45) is 3.35. The highest BCUT2D eigenvalue weighted by molar-refractivity contribution is 7.14. The van der Waals surface area contributed by atoms with Crippen molar-refractivity contribution >= 4 is 34.2 Å². The number of piperidine rings is 1. The van der Waals surface area contributed by atoms with Crippen LogP contribution < -0.4 is 16.6 Å². The zero-order valence-electron chi connectivity index (χ0n) is 15.1. The van der Waals surface area contributed by atoms with Gasteiger partial charge < -0.3 is 15.6 Å². The van der Waals surface area contributed by atoms with E-state index in [0.29, 0.717) is 49.5 Å². The number of amides is 3. The molecule has 0 saturated carbocycles. The van der Waals surface area contributed by atoms with Gasteiger partial charge in [-0.05, 0) is 25.3 Å². The van der Waals surface area contributed by atoms with Crippen LogP contribution in [0.25, 0.3) is 0 Å². The molecule has 0 atom stereocenters. The molecule has 2 aromatic heterocycles. The predicted molar refractivity (Wildman–Crippen MR) is 104 cm³/mol. The summed E-state index contributed by atoms with van der Waals surface area (Å²) in [5.41, 5.74) is 6.08. The SMILES string of the molecule is NC(=O)C1CCN(C(=O)CCc2csc(NC(=O)c3ccc(=O)[nH]c3)n2)CC1. The summed E-state index contributed by atoms with van der Waals surface area (Å²) in [7, 11) is 0. The summed E-state index contributed by atoms with van der Waals surface area (Å²) < 4.78 is 0. The summed E-state index contributed by atoms with van der Waals surface area (Å²) in [5, 5.41) is 4.90. The molecule has 3 heterocycles. The first-order valence-electron chi connectivity index (χ1n) is 8.94. The summed E-state index contributed by atoms with van der Waals surface area (Å²) in [5.74, 6) is -0.789. The van der Waals surface area contributed by atoms with Gasteiger partial charge in [0.15, 0.2) is 5.13 Å². The Morgan fingerprint density at radius 2 is 2.04 bits per heavy atom. The molecule has 28 heavy (non-hydrogen) atoms. The number of rotatable bonds is 6. The molecule has 0 unspecified atom stereocenters. The maximum absolute atomic E-state index is 12.3. The van der Waals surface area contributed by atoms with Crippen LogP contribution in [-0.2, 0) is 16.0 Å². The van der Waals surface area contributed by atoms with Gasteiger partial charge >= 0.3 is 0 Å². The van der Waals surface area contributed by atoms with Crippen molar-refractivity contribution in [2.24, 2.45) is 11.7 Å². The van der Waals surface area contributed by atoms with Crippen LogP contribution in [-0.4, -0.2) is 45.7 Å². The molecular formula is C18H21N5O4S. The number of nitrogens with zero attached hydrogens (tertiary/aromatic N) is 2. The van der Waals surface area contributed by atoms with Crippen LogP contribution in [0, 0.1) is 5.92 Å². The third-order valence-electron chi connectivity index (χ3n) is 4.66. The van der Waals surface area contributed by atoms with Crippen LogP contribution in [0.4, 0.5) is 5.13 Å². The number of H-pyrrole nitrogens is 1. The molecule has 0 aromatic carbocycles. The first-order valence-corrected chi connectivity index (χ1v) is 9.82. The van der Waals surface area contributed by atoms with E-state index in [-0.39, 0.29) is 29.2 Å². The molecule has 3 amide bonds. The monoisotopic (exact) mass is 403 g/mol. The lowest BCUT2D eigenvalue weighted by atomic mass is 9.96. The number of nitrogens with one attached hydrogen (secondary N) is 2. The van der Waals surface area contributed by atoms with Crippen molar-refractivity contribution in [3.05, 3.63) is 45.3 Å². The summed E-state index contributed by atoms with van der Waals surface area (Å²) in [6.45, 7) is 1.09. The van der Waals surface area contributed by atoms with E-state index in [4.69, 9.17) is 5.73 Å². The van der Waals surface area contributed by atoms with Crippen LogP contribution in [0.2, 0.25) is 0 Å². The van der Waals surface area contributed by atoms with E-state index < -0.39 is 0 Å². The van der Waals surface area contributed by atoms with E-state index in [0.717, 1.165) is 5.69 Å². The van der Waals surface area contributed by atoms with Gasteiger partial charge in [0.25, 0.3) is 5.91 Å². The molecule has 0 bridgehead atoms. The number of hydrogen-bond donors (Lipinski definition) is 3. The fourth-order valence-electron chi connectivity index (χ4n) is 3.01. The number of hydrogen-bond acceptors (Lipinski definition) is 6. The third kappa shape index (κ3) is 5.03. The van der Waals surface area contributed by atoms with Crippen molar-refractivity contribution in [3.8, 4) is 0 Å². The second-order valence-corrected chi connectivity index (χ2v) is 7.46. The number of likely N-dealkylation sites (tertiary alicyclic amines) is 1. The largest absolute Gasteiger partial charge is 0.369 e. The smallest absolute Gasteiger partial charge is 0.258 e. The summed E-state index contributed by atoms with van der Waals surface area (Å²) >= 11 is 1.28. The van der Waals surface area contributed by atoms with E-state index in [1.54, 1.807) is 10.3 Å². The number of nitrogens with two attached hydrogens (primary N) is 1. The highest BCUT2D eigenvalue weighted by atomic mass is 32.1. The Morgan fingerprint density at radius 3 is 2.68 bits per heavy atom. The van der Waals surface area contributed by atoms with Crippen LogP contribution in [0.5, 0.6) is 0 Å². The second kappa shape index (κ2) is 8.79. The first kappa shape index (κ1) is 19.7. The maximum Gasteiger partial charge on any atom is 0.258 e. The van der Waals surface area contributed by atoms with Crippen molar-refractivity contribution in [2.45, 2.75) is 25.7 Å². The number of aryl methyl sites for hydroxylation is 1. The van der Waals surface area contributed by atoms with Gasteiger partial charge in [-0.15, -0.1) is 11.3 Å². The van der Waals surface area contributed by atoms with Crippen molar-refractivity contribution < 1.29 is 14.4 Å². The molecule has 148 valence electrons. The third-order valence-corrected chi connectivity index (χ3v) is 5.47. The van der Waals surface area contributed by atoms with Crippen LogP contribution in [0.1, 0.15) is 35.3 Å². The Kier molecular flexibility index (Phi) is 6.19. The van der Waals surface area contributed by atoms with Gasteiger partial charge in [-0.1, -0.05) is 0 Å². The van der Waals surface area contributed by atoms with E-state index in [9.17, 15) is 19.2 Å². The van der Waals surface area contributed by atoms with Crippen molar-refractivity contribution in [1.29, 1.82) is 0 Å². The minimum absolute atomic E-state index is 0.0229. The Morgan fingerprint density at radius 1 is 1.29 bits per heavy atom. The fourth-order valence-corrected chi connectivity index (χ4v) is 3.75. The quantitative estimate of drug-likeness (QED) is 0.653. The molecule has 3 rings (SSSR count). The number of aromatic nitrogens is 2. The van der Waals surface area contributed by atoms with Crippen LogP contribution in [0.15, 0.2) is 28.5 Å². The zero-order chi connectivity index (χ0) is 20.1. The van der Waals surface area contributed by atoms with E-state index >= 15 is 0 Å². The summed E-state index contributed by atoms with van der Waals surface area (Å²) in [4.78, 5) is 55.2. The number of carbonyl (C=O) groups is 3. The number of pyridine rings is 1. The van der Waals surface area contributed by atoms with Gasteiger partial charge in [0.1, 0.15) is 0 Å². The highest BCUT2D eigenvalue weighted by Crippen LogP contribution is 2.20. The molecule has 0 spiro atoms. The number of carbonyl (C=O) groups excluding carboxylic acids is 3. The standard InChI is InChI=1S/C18H21N5O4S/c19-16(26)11-5-7-23(8-6-11)15(25)4-2-13-10-28-18(21-13)22-17(27)12-1-3-14(24)20-9-12/h1,3,9-11H,2,4-8H2,(H2,19,26)(H,20,24)(H,21,22,27). The summed E-state index contributed by atoms with van der Waals surface area (Å²) in [6, 6.07) is 2.71. The predicted octanol–water partition coefficient (Wildman–Crippen LogP) is 0.740. The molecule has 0 aliphatic carbocycles. The van der Waals surface area contributed by atoms with E-state index in [1.807, 2.05) is 0 Å². The number of primary amides is 1. The fraction of sp³-hybridized carbons (Fsp3) is 0.389. The molecule has 2 aromatic rings. The number of anilines is 1. The molecule has 1 fully saturated rings. The Balaban J connectivity index is 1.47. The lowest BCUT2D eigenvalue weighted by Gasteiger charge is -2.30. The van der Waals surface area contributed by atoms with Gasteiger partial charge in [0.2, 0.25) is 17.4 Å². The highest BCUT2D eigenvalue weighted by Gasteiger charge is 2.25. The lowest BCUT2D eigenvalue weighted by Crippen LogP contribution is -2.41. The van der Waals surface area contributed by atoms with Crippen molar-refractivity contribution in [1.82, 2.24) is 14.9 Å². The first-order chi connectivity index (χ1) is 13.4. The van der Waals surface area contributed by atoms with Crippen molar-refractivity contribution in [2.75, 3.05) is 18.4 Å². The van der Waals surface area contributed by atoms with Gasteiger partial charge in [0, 0.05) is 43.1 Å². The Labute approximate surface area is 165 Å². The lowest BCUT2D eigenvalue weighted by molar-refractivity contribution is -0.134. The Bertz CT molecular complexity index is 910. The average molecular weight is 403 g/mol. The van der Waals surface area contributed by atoms with E-state index in [1.165, 1.54) is 29.7 Å². The molecule has 1 aliphatic heterocycles. The van der Waals surface area contributed by atoms with Crippen LogP contribution in [0.3, 0.4) is 0 Å². The van der Waals surface area contributed by atoms with E-state index in [2.05, 4.69) is 15.3 Å². The zero-order valence-corrected chi connectivity index (χ0v) is 16.0. The number of aromatic amines is 1. The molecule has 1 aliphatic rings. The normalized spacial score (nSPS) is 14.6. The maximum atomic E-state index is 12.3. The van der Waals surface area contributed by atoms with Gasteiger partial charge in [-0.25, -0.2) is 4.98 Å². The average Bonchev–Trinajstić information content (AvgIpc) is 3.14. The molecule has 0 radical (unpaired) electrons. The van der Waals surface area contributed by atoms with Crippen LogP contribution >= 0.6 is 11.3 Å². The molecule has 4 N–H and O–H groups in total. The van der Waals surface area contributed by atoms with Gasteiger partial charge in [0.05, 0.1) is 11.3 Å². The Hall–Kier alpha value is -3.01. The minimum Gasteiger partial charge on any atom is -0.369 e. The number of thiazole rings is 1. The van der Waals surface area contributed by atoms with Crippen molar-refractivity contribution in [3.63, 3.8) is 0 Å². The van der Waals surface area contributed by atoms with Gasteiger partial charge in [-0.2, -0.15) is 0 Å². The molecule has 9 nitrogen and oxygen atoms in total. The topological polar surface area (TPSA) is 138 Å². The molecular weight excluding hydrogens is 382 g/mol. The van der Waals surface area contributed by atoms with Gasteiger partial charge in [-0.3, -0.25) is 24.5 Å². The second-order valence-electron chi connectivity index (χ2n) is 6.60.